The maximum absolute atomic E-state index is 12.8. The molecule has 10 nitrogen and oxygen atoms in total. The molecule has 1 atom stereocenters. The number of H-pyrrole nitrogens is 1. The van der Waals surface area contributed by atoms with Crippen molar-refractivity contribution in [3.05, 3.63) is 29.1 Å². The van der Waals surface area contributed by atoms with Gasteiger partial charge in [0.1, 0.15) is 6.33 Å². The van der Waals surface area contributed by atoms with E-state index in [0.29, 0.717) is 31.7 Å². The van der Waals surface area contributed by atoms with Gasteiger partial charge < -0.3 is 14.8 Å². The first-order chi connectivity index (χ1) is 14.1. The van der Waals surface area contributed by atoms with Crippen molar-refractivity contribution in [3.63, 3.8) is 0 Å². The standard InChI is InChI=1S/C19H28N8O2/c1-3-7-27-12-21-23-16(27)10-20-18(28)17-13-6-9-26(11-14(13)22-24-17)19(29)15-5-4-8-25(15)2/h12,15H,3-11H2,1-2H3,(H,20,28)(H,22,24)/t15-/m0/s1. The third-order valence-corrected chi connectivity index (χ3v) is 5.83. The average molecular weight is 400 g/mol. The zero-order valence-electron chi connectivity index (χ0n) is 17.0. The normalized spacial score (nSPS) is 19.4. The Balaban J connectivity index is 1.39. The van der Waals surface area contributed by atoms with Crippen molar-refractivity contribution in [2.45, 2.75) is 58.3 Å². The summed E-state index contributed by atoms with van der Waals surface area (Å²) in [6, 6.07) is -0.0253. The molecule has 4 rings (SSSR count). The second-order valence-electron chi connectivity index (χ2n) is 7.80. The average Bonchev–Trinajstić information content (AvgIpc) is 3.45. The number of amides is 2. The Morgan fingerprint density at radius 3 is 2.97 bits per heavy atom. The summed E-state index contributed by atoms with van der Waals surface area (Å²) in [6.45, 7) is 5.26. The van der Waals surface area contributed by atoms with Gasteiger partial charge in [0.15, 0.2) is 11.5 Å². The minimum atomic E-state index is -0.233. The van der Waals surface area contributed by atoms with Gasteiger partial charge in [0.2, 0.25) is 5.91 Å². The van der Waals surface area contributed by atoms with Crippen LogP contribution in [0.5, 0.6) is 0 Å². The fourth-order valence-corrected chi connectivity index (χ4v) is 4.21. The highest BCUT2D eigenvalue weighted by atomic mass is 16.2. The molecule has 0 unspecified atom stereocenters. The highest BCUT2D eigenvalue weighted by Crippen LogP contribution is 2.24. The molecule has 4 heterocycles. The molecule has 156 valence electrons. The van der Waals surface area contributed by atoms with Gasteiger partial charge in [-0.1, -0.05) is 6.92 Å². The minimum absolute atomic E-state index is 0.0253. The number of aromatic amines is 1. The molecule has 0 spiro atoms. The van der Waals surface area contributed by atoms with Crippen molar-refractivity contribution in [2.24, 2.45) is 0 Å². The first kappa shape index (κ1) is 19.6. The Morgan fingerprint density at radius 1 is 1.34 bits per heavy atom. The SMILES string of the molecule is CCCn1cnnc1CNC(=O)c1n[nH]c2c1CCN(C(=O)[C@@H]1CCCN1C)C2. The van der Waals surface area contributed by atoms with Gasteiger partial charge in [0.25, 0.3) is 5.91 Å². The molecule has 0 saturated carbocycles. The number of nitrogens with one attached hydrogen (secondary N) is 2. The molecule has 2 aromatic rings. The number of likely N-dealkylation sites (N-methyl/N-ethyl adjacent to an activating group) is 1. The molecule has 1 fully saturated rings. The predicted molar refractivity (Wildman–Crippen MR) is 105 cm³/mol. The summed E-state index contributed by atoms with van der Waals surface area (Å²) in [5.41, 5.74) is 2.16. The third kappa shape index (κ3) is 3.89. The Hall–Kier alpha value is -2.75. The number of rotatable bonds is 6. The van der Waals surface area contributed by atoms with Gasteiger partial charge >= 0.3 is 0 Å². The summed E-state index contributed by atoms with van der Waals surface area (Å²) in [5.74, 6) is 0.664. The van der Waals surface area contributed by atoms with Crippen LogP contribution in [-0.4, -0.2) is 72.8 Å². The predicted octanol–water partition coefficient (Wildman–Crippen LogP) is 0.320. The number of nitrogens with zero attached hydrogens (tertiary/aromatic N) is 6. The van der Waals surface area contributed by atoms with E-state index in [1.54, 1.807) is 6.33 Å². The van der Waals surface area contributed by atoms with Crippen LogP contribution in [0.4, 0.5) is 0 Å². The molecule has 2 amide bonds. The van der Waals surface area contributed by atoms with E-state index in [4.69, 9.17) is 0 Å². The van der Waals surface area contributed by atoms with Crippen LogP contribution in [0.3, 0.4) is 0 Å². The monoisotopic (exact) mass is 400 g/mol. The molecule has 0 aromatic carbocycles. The first-order valence-electron chi connectivity index (χ1n) is 10.3. The number of hydrogen-bond acceptors (Lipinski definition) is 6. The molecular formula is C19H28N8O2. The van der Waals surface area contributed by atoms with Gasteiger partial charge in [-0.15, -0.1) is 10.2 Å². The van der Waals surface area contributed by atoms with Crippen LogP contribution < -0.4 is 5.32 Å². The Morgan fingerprint density at radius 2 is 2.21 bits per heavy atom. The quantitative estimate of drug-likeness (QED) is 0.722. The molecule has 0 bridgehead atoms. The van der Waals surface area contributed by atoms with Gasteiger partial charge in [-0.3, -0.25) is 19.6 Å². The van der Waals surface area contributed by atoms with E-state index in [0.717, 1.165) is 49.4 Å². The number of hydrogen-bond donors (Lipinski definition) is 2. The molecule has 2 aliphatic rings. The van der Waals surface area contributed by atoms with Gasteiger partial charge in [-0.2, -0.15) is 5.10 Å². The van der Waals surface area contributed by atoms with Crippen LogP contribution in [0.15, 0.2) is 6.33 Å². The maximum atomic E-state index is 12.8. The summed E-state index contributed by atoms with van der Waals surface area (Å²) in [6.07, 6.45) is 5.25. The Kier molecular flexibility index (Phi) is 5.61. The van der Waals surface area contributed by atoms with E-state index in [-0.39, 0.29) is 17.9 Å². The van der Waals surface area contributed by atoms with Gasteiger partial charge in [-0.05, 0) is 39.3 Å². The highest BCUT2D eigenvalue weighted by Gasteiger charge is 2.34. The van der Waals surface area contributed by atoms with Crippen molar-refractivity contribution >= 4 is 11.8 Å². The van der Waals surface area contributed by atoms with Crippen LogP contribution >= 0.6 is 0 Å². The summed E-state index contributed by atoms with van der Waals surface area (Å²) in [7, 11) is 2.00. The van der Waals surface area contributed by atoms with Crippen LogP contribution in [0, 0.1) is 0 Å². The van der Waals surface area contributed by atoms with E-state index >= 15 is 0 Å². The molecule has 1 saturated heterocycles. The summed E-state index contributed by atoms with van der Waals surface area (Å²) in [5, 5.41) is 18.1. The zero-order valence-corrected chi connectivity index (χ0v) is 17.0. The van der Waals surface area contributed by atoms with Crippen molar-refractivity contribution in [3.8, 4) is 0 Å². The second kappa shape index (κ2) is 8.32. The smallest absolute Gasteiger partial charge is 0.272 e. The fraction of sp³-hybridized carbons (Fsp3) is 0.632. The molecule has 2 aromatic heterocycles. The summed E-state index contributed by atoms with van der Waals surface area (Å²) >= 11 is 0. The zero-order chi connectivity index (χ0) is 20.4. The topological polar surface area (TPSA) is 112 Å². The van der Waals surface area contributed by atoms with E-state index in [9.17, 15) is 9.59 Å². The summed E-state index contributed by atoms with van der Waals surface area (Å²) < 4.78 is 1.93. The fourth-order valence-electron chi connectivity index (χ4n) is 4.21. The van der Waals surface area contributed by atoms with Crippen molar-refractivity contribution in [1.29, 1.82) is 0 Å². The van der Waals surface area contributed by atoms with Crippen LogP contribution in [0.2, 0.25) is 0 Å². The van der Waals surface area contributed by atoms with E-state index < -0.39 is 0 Å². The van der Waals surface area contributed by atoms with E-state index in [1.807, 2.05) is 16.5 Å². The molecular weight excluding hydrogens is 372 g/mol. The minimum Gasteiger partial charge on any atom is -0.343 e. The number of carbonyl (C=O) groups is 2. The lowest BCUT2D eigenvalue weighted by atomic mass is 10.0. The molecule has 10 heteroatoms. The second-order valence-corrected chi connectivity index (χ2v) is 7.80. The first-order valence-corrected chi connectivity index (χ1v) is 10.3. The lowest BCUT2D eigenvalue weighted by Gasteiger charge is -2.31. The number of aryl methyl sites for hydroxylation is 1. The number of fused-ring (bicyclic) bond motifs is 1. The Bertz CT molecular complexity index is 889. The Labute approximate surface area is 169 Å². The molecule has 29 heavy (non-hydrogen) atoms. The van der Waals surface area contributed by atoms with E-state index in [2.05, 4.69) is 37.5 Å². The largest absolute Gasteiger partial charge is 0.343 e. The number of aromatic nitrogens is 5. The van der Waals surface area contributed by atoms with Gasteiger partial charge in [0, 0.05) is 18.7 Å². The van der Waals surface area contributed by atoms with Crippen LogP contribution in [0.25, 0.3) is 0 Å². The number of likely N-dealkylation sites (tertiary alicyclic amines) is 1. The molecule has 2 N–H and O–H groups in total. The van der Waals surface area contributed by atoms with E-state index in [1.165, 1.54) is 0 Å². The molecule has 0 radical (unpaired) electrons. The third-order valence-electron chi connectivity index (χ3n) is 5.83. The molecule has 2 aliphatic heterocycles. The van der Waals surface area contributed by atoms with Gasteiger partial charge in [0.05, 0.1) is 24.8 Å². The lowest BCUT2D eigenvalue weighted by Crippen LogP contribution is -2.46. The maximum Gasteiger partial charge on any atom is 0.272 e. The van der Waals surface area contributed by atoms with Crippen molar-refractivity contribution in [2.75, 3.05) is 20.1 Å². The molecule has 0 aliphatic carbocycles. The van der Waals surface area contributed by atoms with Crippen molar-refractivity contribution < 1.29 is 9.59 Å². The van der Waals surface area contributed by atoms with Crippen LogP contribution in [0.1, 0.15) is 53.8 Å². The van der Waals surface area contributed by atoms with Crippen LogP contribution in [-0.2, 0) is 30.8 Å². The summed E-state index contributed by atoms with van der Waals surface area (Å²) in [4.78, 5) is 29.5. The highest BCUT2D eigenvalue weighted by molar-refractivity contribution is 5.94. The number of carbonyl (C=O) groups excluding carboxylic acids is 2. The van der Waals surface area contributed by atoms with Crippen molar-refractivity contribution in [1.82, 2.24) is 40.1 Å². The van der Waals surface area contributed by atoms with Gasteiger partial charge in [-0.25, -0.2) is 0 Å². The lowest BCUT2D eigenvalue weighted by molar-refractivity contribution is -0.136.